The lowest BCUT2D eigenvalue weighted by molar-refractivity contribution is 0.262. The highest BCUT2D eigenvalue weighted by Crippen LogP contribution is 2.30. The minimum atomic E-state index is -0.273. The summed E-state index contributed by atoms with van der Waals surface area (Å²) in [5.41, 5.74) is 4.49. The molecule has 0 spiro atoms. The molecule has 6 heteroatoms. The highest BCUT2D eigenvalue weighted by Gasteiger charge is 2.19. The van der Waals surface area contributed by atoms with Crippen molar-refractivity contribution in [2.75, 3.05) is 28.6 Å². The second-order valence-electron chi connectivity index (χ2n) is 7.13. The molecule has 3 aromatic rings. The zero-order valence-corrected chi connectivity index (χ0v) is 16.6. The van der Waals surface area contributed by atoms with Crippen LogP contribution in [0.5, 0.6) is 0 Å². The molecule has 0 radical (unpaired) electrons. The largest absolute Gasteiger partial charge is 0.355 e. The van der Waals surface area contributed by atoms with Gasteiger partial charge < -0.3 is 15.5 Å². The maximum Gasteiger partial charge on any atom is 0.323 e. The van der Waals surface area contributed by atoms with E-state index in [1.165, 1.54) is 18.4 Å². The van der Waals surface area contributed by atoms with E-state index in [0.29, 0.717) is 5.69 Å². The Bertz CT molecular complexity index is 981. The molecule has 4 rings (SSSR count). The van der Waals surface area contributed by atoms with E-state index in [1.807, 2.05) is 48.5 Å². The van der Waals surface area contributed by atoms with Gasteiger partial charge in [-0.1, -0.05) is 31.2 Å². The van der Waals surface area contributed by atoms with Crippen molar-refractivity contribution in [2.45, 2.75) is 26.2 Å². The van der Waals surface area contributed by atoms with Crippen LogP contribution in [0.3, 0.4) is 0 Å². The van der Waals surface area contributed by atoms with Crippen LogP contribution < -0.4 is 15.5 Å². The number of hydrogen-bond acceptors (Lipinski definition) is 4. The molecule has 2 aromatic carbocycles. The molecular formula is C23H25N5O. The number of hydrogen-bond donors (Lipinski definition) is 2. The van der Waals surface area contributed by atoms with Crippen LogP contribution in [0.25, 0.3) is 11.3 Å². The summed E-state index contributed by atoms with van der Waals surface area (Å²) in [7, 11) is 0. The van der Waals surface area contributed by atoms with Gasteiger partial charge in [-0.05, 0) is 49.1 Å². The first kappa shape index (κ1) is 18.9. The molecule has 29 heavy (non-hydrogen) atoms. The fraction of sp³-hybridized carbons (Fsp3) is 0.261. The highest BCUT2D eigenvalue weighted by molar-refractivity contribution is 6.00. The Kier molecular flexibility index (Phi) is 5.70. The molecule has 1 aliphatic heterocycles. The summed E-state index contributed by atoms with van der Waals surface area (Å²) in [5.74, 6) is 0.905. The Balaban J connectivity index is 1.49. The van der Waals surface area contributed by atoms with Crippen LogP contribution in [-0.2, 0) is 6.42 Å². The number of carbonyl (C=O) groups excluding carboxylic acids is 1. The van der Waals surface area contributed by atoms with Crippen LogP contribution in [0.15, 0.2) is 60.9 Å². The second kappa shape index (κ2) is 8.73. The fourth-order valence-corrected chi connectivity index (χ4v) is 3.56. The van der Waals surface area contributed by atoms with E-state index in [1.54, 1.807) is 12.4 Å². The highest BCUT2D eigenvalue weighted by atomic mass is 16.2. The molecule has 2 N–H and O–H groups in total. The third-order valence-electron chi connectivity index (χ3n) is 5.10. The molecule has 2 amide bonds. The predicted octanol–water partition coefficient (Wildman–Crippen LogP) is 4.95. The number of nitrogens with one attached hydrogen (secondary N) is 2. The van der Waals surface area contributed by atoms with Crippen LogP contribution in [0.1, 0.15) is 25.3 Å². The van der Waals surface area contributed by atoms with Crippen molar-refractivity contribution in [1.29, 1.82) is 0 Å². The van der Waals surface area contributed by atoms with Gasteiger partial charge in [0.25, 0.3) is 0 Å². The molecule has 1 saturated heterocycles. The average molecular weight is 387 g/mol. The third-order valence-corrected chi connectivity index (χ3v) is 5.10. The van der Waals surface area contributed by atoms with Crippen molar-refractivity contribution in [3.05, 3.63) is 66.5 Å². The Hall–Kier alpha value is -3.41. The summed E-state index contributed by atoms with van der Waals surface area (Å²) in [5, 5.41) is 5.78. The van der Waals surface area contributed by atoms with Crippen molar-refractivity contribution >= 4 is 23.2 Å². The summed E-state index contributed by atoms with van der Waals surface area (Å²) in [6.07, 6.45) is 6.77. The van der Waals surface area contributed by atoms with E-state index >= 15 is 0 Å². The van der Waals surface area contributed by atoms with E-state index in [4.69, 9.17) is 0 Å². The summed E-state index contributed by atoms with van der Waals surface area (Å²) < 4.78 is 0. The van der Waals surface area contributed by atoms with Crippen molar-refractivity contribution in [3.63, 3.8) is 0 Å². The standard InChI is InChI=1S/C23H25N5O/c1-2-17-8-10-19(11-9-17)26-23(29)27-20-7-5-6-18(16-20)21-22(25-13-12-24-21)28-14-3-4-15-28/h5-13,16H,2-4,14-15H2,1H3,(H2,26,27,29). The zero-order chi connectivity index (χ0) is 20.1. The van der Waals surface area contributed by atoms with Gasteiger partial charge in [0, 0.05) is 42.4 Å². The van der Waals surface area contributed by atoms with Crippen LogP contribution in [0.4, 0.5) is 22.0 Å². The number of anilines is 3. The summed E-state index contributed by atoms with van der Waals surface area (Å²) in [4.78, 5) is 23.8. The van der Waals surface area contributed by atoms with Gasteiger partial charge in [-0.25, -0.2) is 9.78 Å². The number of nitrogens with zero attached hydrogens (tertiary/aromatic N) is 3. The zero-order valence-electron chi connectivity index (χ0n) is 16.6. The molecule has 0 saturated carbocycles. The third kappa shape index (κ3) is 4.54. The molecule has 148 valence electrons. The van der Waals surface area contributed by atoms with Crippen molar-refractivity contribution in [3.8, 4) is 11.3 Å². The Morgan fingerprint density at radius 2 is 1.69 bits per heavy atom. The monoisotopic (exact) mass is 387 g/mol. The summed E-state index contributed by atoms with van der Waals surface area (Å²) in [6, 6.07) is 15.3. The smallest absolute Gasteiger partial charge is 0.323 e. The lowest BCUT2D eigenvalue weighted by Crippen LogP contribution is -2.20. The lowest BCUT2D eigenvalue weighted by Gasteiger charge is -2.19. The van der Waals surface area contributed by atoms with Gasteiger partial charge in [0.2, 0.25) is 0 Å². The van der Waals surface area contributed by atoms with Crippen molar-refractivity contribution < 1.29 is 4.79 Å². The Morgan fingerprint density at radius 3 is 2.45 bits per heavy atom. The minimum absolute atomic E-state index is 0.273. The predicted molar refractivity (Wildman–Crippen MR) is 117 cm³/mol. The van der Waals surface area contributed by atoms with E-state index in [2.05, 4.69) is 32.4 Å². The Morgan fingerprint density at radius 1 is 0.966 bits per heavy atom. The average Bonchev–Trinajstić information content (AvgIpc) is 3.29. The number of aromatic nitrogens is 2. The van der Waals surface area contributed by atoms with Gasteiger partial charge in [-0.2, -0.15) is 0 Å². The minimum Gasteiger partial charge on any atom is -0.355 e. The molecule has 1 fully saturated rings. The first-order valence-electron chi connectivity index (χ1n) is 10.1. The molecule has 0 bridgehead atoms. The summed E-state index contributed by atoms with van der Waals surface area (Å²) >= 11 is 0. The fourth-order valence-electron chi connectivity index (χ4n) is 3.56. The number of aryl methyl sites for hydroxylation is 1. The van der Waals surface area contributed by atoms with Crippen LogP contribution in [-0.4, -0.2) is 29.1 Å². The Labute approximate surface area is 171 Å². The first-order chi connectivity index (χ1) is 14.2. The molecule has 0 unspecified atom stereocenters. The maximum atomic E-state index is 12.4. The first-order valence-corrected chi connectivity index (χ1v) is 10.1. The topological polar surface area (TPSA) is 70.1 Å². The van der Waals surface area contributed by atoms with E-state index in [-0.39, 0.29) is 6.03 Å². The number of carbonyl (C=O) groups is 1. The normalized spacial score (nSPS) is 13.3. The lowest BCUT2D eigenvalue weighted by atomic mass is 10.1. The molecule has 0 aliphatic carbocycles. The van der Waals surface area contributed by atoms with Gasteiger partial charge in [-0.15, -0.1) is 0 Å². The van der Waals surface area contributed by atoms with E-state index in [9.17, 15) is 4.79 Å². The molecular weight excluding hydrogens is 362 g/mol. The number of rotatable bonds is 5. The number of urea groups is 1. The molecule has 1 aliphatic rings. The quantitative estimate of drug-likeness (QED) is 0.650. The molecule has 6 nitrogen and oxygen atoms in total. The van der Waals surface area contributed by atoms with Crippen LogP contribution >= 0.6 is 0 Å². The molecule has 0 atom stereocenters. The summed E-state index contributed by atoms with van der Waals surface area (Å²) in [6.45, 7) is 4.11. The number of benzene rings is 2. The van der Waals surface area contributed by atoms with Crippen molar-refractivity contribution in [2.24, 2.45) is 0 Å². The second-order valence-corrected chi connectivity index (χ2v) is 7.13. The molecule has 1 aromatic heterocycles. The molecule has 2 heterocycles. The van der Waals surface area contributed by atoms with Gasteiger partial charge in [0.05, 0.1) is 0 Å². The van der Waals surface area contributed by atoms with Crippen LogP contribution in [0, 0.1) is 0 Å². The van der Waals surface area contributed by atoms with E-state index in [0.717, 1.165) is 42.3 Å². The van der Waals surface area contributed by atoms with Gasteiger partial charge >= 0.3 is 6.03 Å². The van der Waals surface area contributed by atoms with E-state index < -0.39 is 0 Å². The van der Waals surface area contributed by atoms with Crippen LogP contribution in [0.2, 0.25) is 0 Å². The maximum absolute atomic E-state index is 12.4. The van der Waals surface area contributed by atoms with Crippen molar-refractivity contribution in [1.82, 2.24) is 9.97 Å². The van der Waals surface area contributed by atoms with Gasteiger partial charge in [0.15, 0.2) is 5.82 Å². The van der Waals surface area contributed by atoms with Gasteiger partial charge in [-0.3, -0.25) is 4.98 Å². The number of amides is 2. The SMILES string of the molecule is CCc1ccc(NC(=O)Nc2cccc(-c3nccnc3N3CCCC3)c2)cc1. The van der Waals surface area contributed by atoms with Gasteiger partial charge in [0.1, 0.15) is 5.69 Å².